The molecule has 1 aromatic heterocycles. The first-order chi connectivity index (χ1) is 10.0. The van der Waals surface area contributed by atoms with Crippen LogP contribution in [0.1, 0.15) is 26.5 Å². The number of furan rings is 1. The first-order valence-electron chi connectivity index (χ1n) is 5.83. The summed E-state index contributed by atoms with van der Waals surface area (Å²) >= 11 is 1.26. The summed E-state index contributed by atoms with van der Waals surface area (Å²) in [6.45, 7) is 0. The number of thioether (sulfide) groups is 1. The Balaban J connectivity index is 2.14. The third-order valence-corrected chi connectivity index (χ3v) is 3.72. The highest BCUT2D eigenvalue weighted by Gasteiger charge is 2.16. The van der Waals surface area contributed by atoms with Crippen LogP contribution in [0.3, 0.4) is 0 Å². The minimum atomic E-state index is -1.33. The number of carbonyl (C=O) groups excluding carboxylic acids is 1. The van der Waals surface area contributed by atoms with Crippen LogP contribution < -0.4 is 0 Å². The number of rotatable bonds is 5. The van der Waals surface area contributed by atoms with E-state index in [2.05, 4.69) is 4.74 Å². The van der Waals surface area contributed by atoms with E-state index in [0.717, 1.165) is 6.07 Å². The molecule has 1 heterocycles. The van der Waals surface area contributed by atoms with E-state index in [1.165, 1.54) is 37.3 Å². The van der Waals surface area contributed by atoms with E-state index in [1.54, 1.807) is 6.07 Å². The average Bonchev–Trinajstić information content (AvgIpc) is 2.93. The summed E-state index contributed by atoms with van der Waals surface area (Å²) in [5.41, 5.74) is 0.230. The Morgan fingerprint density at radius 3 is 2.81 bits per heavy atom. The monoisotopic (exact) mass is 310 g/mol. The zero-order chi connectivity index (χ0) is 15.4. The Kier molecular flexibility index (Phi) is 4.64. The Morgan fingerprint density at radius 2 is 2.14 bits per heavy atom. The van der Waals surface area contributed by atoms with Gasteiger partial charge < -0.3 is 14.3 Å². The van der Waals surface area contributed by atoms with Crippen LogP contribution in [0, 0.1) is 5.82 Å². The second-order valence-corrected chi connectivity index (χ2v) is 5.05. The number of methoxy groups -OCH3 is 1. The maximum Gasteiger partial charge on any atom is 0.374 e. The molecule has 0 amide bonds. The molecule has 2 rings (SSSR count). The maximum absolute atomic E-state index is 13.3. The lowest BCUT2D eigenvalue weighted by Gasteiger charge is -2.04. The average molecular weight is 310 g/mol. The number of carboxylic acids is 1. The molecule has 0 atom stereocenters. The maximum atomic E-state index is 13.3. The molecule has 0 saturated carbocycles. The summed E-state index contributed by atoms with van der Waals surface area (Å²) in [7, 11) is 1.25. The molecule has 0 radical (unpaired) electrons. The van der Waals surface area contributed by atoms with E-state index in [1.807, 2.05) is 0 Å². The Labute approximate surface area is 123 Å². The molecule has 0 saturated heterocycles. The number of ether oxygens (including phenoxy) is 1. The van der Waals surface area contributed by atoms with Gasteiger partial charge in [-0.2, -0.15) is 0 Å². The van der Waals surface area contributed by atoms with Crippen molar-refractivity contribution in [1.82, 2.24) is 0 Å². The van der Waals surface area contributed by atoms with Crippen molar-refractivity contribution in [3.05, 3.63) is 53.2 Å². The normalized spacial score (nSPS) is 10.4. The van der Waals surface area contributed by atoms with Crippen molar-refractivity contribution in [2.75, 3.05) is 7.11 Å². The minimum absolute atomic E-state index is 0.102. The molecule has 1 N–H and O–H groups in total. The minimum Gasteiger partial charge on any atom is -0.478 e. The van der Waals surface area contributed by atoms with Crippen molar-refractivity contribution in [3.8, 4) is 0 Å². The second-order valence-electron chi connectivity index (χ2n) is 4.00. The lowest BCUT2D eigenvalue weighted by Crippen LogP contribution is -2.02. The first-order valence-corrected chi connectivity index (χ1v) is 6.82. The van der Waals surface area contributed by atoms with Crippen molar-refractivity contribution in [2.45, 2.75) is 10.6 Å². The fourth-order valence-corrected chi connectivity index (χ4v) is 2.56. The van der Waals surface area contributed by atoms with Gasteiger partial charge in [0, 0.05) is 16.2 Å². The van der Waals surface area contributed by atoms with E-state index >= 15 is 0 Å². The number of halogens is 1. The number of hydrogen-bond donors (Lipinski definition) is 1. The van der Waals surface area contributed by atoms with Gasteiger partial charge in [0.2, 0.25) is 5.76 Å². The quantitative estimate of drug-likeness (QED) is 0.675. The van der Waals surface area contributed by atoms with Crippen molar-refractivity contribution in [2.24, 2.45) is 0 Å². The van der Waals surface area contributed by atoms with E-state index in [-0.39, 0.29) is 11.3 Å². The number of aromatic carboxylic acids is 1. The predicted molar refractivity (Wildman–Crippen MR) is 73.0 cm³/mol. The molecule has 21 heavy (non-hydrogen) atoms. The molecule has 0 spiro atoms. The van der Waals surface area contributed by atoms with Crippen LogP contribution in [0.5, 0.6) is 0 Å². The highest BCUT2D eigenvalue weighted by atomic mass is 32.2. The smallest absolute Gasteiger partial charge is 0.374 e. The molecule has 7 heteroatoms. The molecular formula is C14H11FO5S. The van der Waals surface area contributed by atoms with Gasteiger partial charge in [-0.1, -0.05) is 0 Å². The van der Waals surface area contributed by atoms with Gasteiger partial charge in [0.15, 0.2) is 0 Å². The first kappa shape index (κ1) is 15.1. The van der Waals surface area contributed by atoms with Crippen LogP contribution in [-0.4, -0.2) is 24.2 Å². The number of carbonyl (C=O) groups is 2. The van der Waals surface area contributed by atoms with Crippen LogP contribution in [-0.2, 0) is 10.5 Å². The SMILES string of the molecule is COC(=O)c1occc1CSc1ccc(F)c(C(=O)O)c1. The van der Waals surface area contributed by atoms with Crippen LogP contribution in [0.2, 0.25) is 0 Å². The van der Waals surface area contributed by atoms with Gasteiger partial charge in [-0.3, -0.25) is 0 Å². The number of esters is 1. The van der Waals surface area contributed by atoms with E-state index in [4.69, 9.17) is 9.52 Å². The molecule has 0 unspecified atom stereocenters. The summed E-state index contributed by atoms with van der Waals surface area (Å²) in [6.07, 6.45) is 1.37. The zero-order valence-corrected chi connectivity index (χ0v) is 11.8. The molecule has 0 fully saturated rings. The van der Waals surface area contributed by atoms with Crippen molar-refractivity contribution in [3.63, 3.8) is 0 Å². The van der Waals surface area contributed by atoms with Crippen LogP contribution >= 0.6 is 11.8 Å². The Hall–Kier alpha value is -2.28. The molecule has 2 aromatic rings. The second kappa shape index (κ2) is 6.45. The molecule has 0 bridgehead atoms. The fraction of sp³-hybridized carbons (Fsp3) is 0.143. The van der Waals surface area contributed by atoms with Gasteiger partial charge in [-0.25, -0.2) is 14.0 Å². The molecular weight excluding hydrogens is 299 g/mol. The predicted octanol–water partition coefficient (Wildman–Crippen LogP) is 3.20. The summed E-state index contributed by atoms with van der Waals surface area (Å²) < 4.78 is 22.9. The van der Waals surface area contributed by atoms with Gasteiger partial charge in [0.1, 0.15) is 5.82 Å². The third-order valence-electron chi connectivity index (χ3n) is 2.68. The molecule has 0 aliphatic heterocycles. The van der Waals surface area contributed by atoms with Crippen molar-refractivity contribution >= 4 is 23.7 Å². The van der Waals surface area contributed by atoms with Crippen molar-refractivity contribution < 1.29 is 28.2 Å². The molecule has 1 aromatic carbocycles. The van der Waals surface area contributed by atoms with Gasteiger partial charge in [0.25, 0.3) is 0 Å². The fourth-order valence-electron chi connectivity index (χ4n) is 1.64. The van der Waals surface area contributed by atoms with Crippen molar-refractivity contribution in [1.29, 1.82) is 0 Å². The lowest BCUT2D eigenvalue weighted by atomic mass is 10.2. The molecule has 5 nitrogen and oxygen atoms in total. The van der Waals surface area contributed by atoms with E-state index < -0.39 is 17.8 Å². The number of benzene rings is 1. The van der Waals surface area contributed by atoms with Gasteiger partial charge >= 0.3 is 11.9 Å². The molecule has 110 valence electrons. The highest BCUT2D eigenvalue weighted by Crippen LogP contribution is 2.27. The topological polar surface area (TPSA) is 76.7 Å². The van der Waals surface area contributed by atoms with Gasteiger partial charge in [0.05, 0.1) is 18.9 Å². The van der Waals surface area contributed by atoms with Gasteiger partial charge in [-0.15, -0.1) is 11.8 Å². The summed E-state index contributed by atoms with van der Waals surface area (Å²) in [6, 6.07) is 5.45. The Bertz CT molecular complexity index is 680. The van der Waals surface area contributed by atoms with Crippen LogP contribution in [0.25, 0.3) is 0 Å². The third kappa shape index (κ3) is 3.43. The standard InChI is InChI=1S/C14H11FO5S/c1-19-14(18)12-8(4-5-20-12)7-21-9-2-3-11(15)10(6-9)13(16)17/h2-6H,7H2,1H3,(H,16,17). The number of hydrogen-bond acceptors (Lipinski definition) is 5. The summed E-state index contributed by atoms with van der Waals surface area (Å²) in [5.74, 6) is -2.23. The molecule has 0 aliphatic carbocycles. The zero-order valence-electron chi connectivity index (χ0n) is 11.0. The summed E-state index contributed by atoms with van der Waals surface area (Å²) in [5, 5.41) is 8.87. The molecule has 0 aliphatic rings. The number of carboxylic acid groups (broad SMARTS) is 1. The Morgan fingerprint density at radius 1 is 1.38 bits per heavy atom. The summed E-state index contributed by atoms with van der Waals surface area (Å²) in [4.78, 5) is 22.9. The van der Waals surface area contributed by atoms with Crippen LogP contribution in [0.4, 0.5) is 4.39 Å². The lowest BCUT2D eigenvalue weighted by molar-refractivity contribution is 0.0563. The highest BCUT2D eigenvalue weighted by molar-refractivity contribution is 7.98. The largest absolute Gasteiger partial charge is 0.478 e. The van der Waals surface area contributed by atoms with E-state index in [9.17, 15) is 14.0 Å². The van der Waals surface area contributed by atoms with E-state index in [0.29, 0.717) is 16.2 Å². The van der Waals surface area contributed by atoms with Gasteiger partial charge in [-0.05, 0) is 24.3 Å². The van der Waals surface area contributed by atoms with Crippen LogP contribution in [0.15, 0.2) is 39.8 Å².